The van der Waals surface area contributed by atoms with E-state index in [9.17, 15) is 0 Å². The normalized spacial score (nSPS) is 10.8. The summed E-state index contributed by atoms with van der Waals surface area (Å²) in [7, 11) is 0. The average molecular weight is 255 g/mol. The lowest BCUT2D eigenvalue weighted by Crippen LogP contribution is -1.83. The molecule has 0 atom stereocenters. The van der Waals surface area contributed by atoms with Gasteiger partial charge in [0.25, 0.3) is 0 Å². The molecule has 0 bridgehead atoms. The average Bonchev–Trinajstić information content (AvgIpc) is 2.64. The summed E-state index contributed by atoms with van der Waals surface area (Å²) in [6.07, 6.45) is 0.891. The van der Waals surface area contributed by atoms with Crippen LogP contribution in [0.25, 0.3) is 11.3 Å². The smallest absolute Gasteiger partial charge is 0.106 e. The first-order valence-corrected chi connectivity index (χ1v) is 5.88. The molecule has 4 heteroatoms. The highest BCUT2D eigenvalue weighted by atomic mass is 35.5. The SMILES string of the molecule is CCc1nc(-c2ccc(Cl)c(Cl)c2)c(C)[nH]1. The van der Waals surface area contributed by atoms with Gasteiger partial charge in [-0.05, 0) is 19.1 Å². The van der Waals surface area contributed by atoms with Gasteiger partial charge in [-0.3, -0.25) is 0 Å². The summed E-state index contributed by atoms with van der Waals surface area (Å²) in [6, 6.07) is 5.56. The molecule has 0 aliphatic carbocycles. The number of nitrogens with zero attached hydrogens (tertiary/aromatic N) is 1. The van der Waals surface area contributed by atoms with Crippen LogP contribution in [0, 0.1) is 6.92 Å². The van der Waals surface area contributed by atoms with E-state index in [-0.39, 0.29) is 0 Å². The molecule has 1 aromatic heterocycles. The summed E-state index contributed by atoms with van der Waals surface area (Å²) in [5.41, 5.74) is 2.98. The summed E-state index contributed by atoms with van der Waals surface area (Å²) in [5.74, 6) is 0.985. The van der Waals surface area contributed by atoms with Crippen LogP contribution in [0.1, 0.15) is 18.4 Å². The van der Waals surface area contributed by atoms with E-state index in [2.05, 4.69) is 16.9 Å². The Morgan fingerprint density at radius 2 is 2.00 bits per heavy atom. The number of hydrogen-bond donors (Lipinski definition) is 1. The summed E-state index contributed by atoms with van der Waals surface area (Å²) in [5, 5.41) is 1.12. The molecule has 0 aliphatic heterocycles. The second-order valence-electron chi connectivity index (χ2n) is 3.64. The summed E-state index contributed by atoms with van der Waals surface area (Å²) < 4.78 is 0. The van der Waals surface area contributed by atoms with Crippen molar-refractivity contribution in [1.29, 1.82) is 0 Å². The first-order chi connectivity index (χ1) is 7.61. The molecule has 1 aromatic carbocycles. The van der Waals surface area contributed by atoms with Crippen LogP contribution < -0.4 is 0 Å². The maximum atomic E-state index is 5.99. The van der Waals surface area contributed by atoms with Crippen molar-refractivity contribution in [2.75, 3.05) is 0 Å². The van der Waals surface area contributed by atoms with Gasteiger partial charge in [0.1, 0.15) is 5.82 Å². The number of imidazole rings is 1. The molecule has 0 amide bonds. The van der Waals surface area contributed by atoms with Gasteiger partial charge in [-0.2, -0.15) is 0 Å². The predicted octanol–water partition coefficient (Wildman–Crippen LogP) is 4.25. The molecular formula is C12H12Cl2N2. The fourth-order valence-electron chi connectivity index (χ4n) is 1.61. The van der Waals surface area contributed by atoms with Crippen molar-refractivity contribution >= 4 is 23.2 Å². The number of aromatic nitrogens is 2. The zero-order chi connectivity index (χ0) is 11.7. The van der Waals surface area contributed by atoms with Crippen molar-refractivity contribution in [3.05, 3.63) is 39.8 Å². The van der Waals surface area contributed by atoms with Crippen LogP contribution in [0.5, 0.6) is 0 Å². The molecule has 0 aliphatic rings. The zero-order valence-corrected chi connectivity index (χ0v) is 10.7. The summed E-state index contributed by atoms with van der Waals surface area (Å²) in [4.78, 5) is 7.75. The highest BCUT2D eigenvalue weighted by Crippen LogP contribution is 2.29. The van der Waals surface area contributed by atoms with E-state index in [1.54, 1.807) is 6.07 Å². The minimum atomic E-state index is 0.555. The van der Waals surface area contributed by atoms with E-state index in [1.807, 2.05) is 19.1 Å². The number of rotatable bonds is 2. The van der Waals surface area contributed by atoms with Crippen molar-refractivity contribution in [3.8, 4) is 11.3 Å². The lowest BCUT2D eigenvalue weighted by atomic mass is 10.1. The van der Waals surface area contributed by atoms with Gasteiger partial charge in [0.05, 0.1) is 15.7 Å². The van der Waals surface area contributed by atoms with E-state index in [4.69, 9.17) is 23.2 Å². The van der Waals surface area contributed by atoms with Crippen LogP contribution in [0.3, 0.4) is 0 Å². The number of H-pyrrole nitrogens is 1. The molecule has 0 saturated heterocycles. The third kappa shape index (κ3) is 2.08. The zero-order valence-electron chi connectivity index (χ0n) is 9.14. The van der Waals surface area contributed by atoms with Gasteiger partial charge in [0, 0.05) is 17.7 Å². The molecule has 2 aromatic rings. The standard InChI is InChI=1S/C12H12Cl2N2/c1-3-11-15-7(2)12(16-11)8-4-5-9(13)10(14)6-8/h4-6H,3H2,1-2H3,(H,15,16). The summed E-state index contributed by atoms with van der Waals surface area (Å²) >= 11 is 11.9. The topological polar surface area (TPSA) is 28.7 Å². The quantitative estimate of drug-likeness (QED) is 0.853. The molecular weight excluding hydrogens is 243 g/mol. The molecule has 84 valence electrons. The first kappa shape index (κ1) is 11.5. The second-order valence-corrected chi connectivity index (χ2v) is 4.45. The Kier molecular flexibility index (Phi) is 3.22. The van der Waals surface area contributed by atoms with E-state index in [1.165, 1.54) is 0 Å². The number of aromatic amines is 1. The van der Waals surface area contributed by atoms with Gasteiger partial charge in [-0.25, -0.2) is 4.98 Å². The van der Waals surface area contributed by atoms with Crippen molar-refractivity contribution in [2.24, 2.45) is 0 Å². The van der Waals surface area contributed by atoms with Gasteiger partial charge >= 0.3 is 0 Å². The molecule has 0 fully saturated rings. The Labute approximate surface area is 105 Å². The Morgan fingerprint density at radius 1 is 1.25 bits per heavy atom. The third-order valence-corrected chi connectivity index (χ3v) is 3.20. The lowest BCUT2D eigenvalue weighted by molar-refractivity contribution is 0.982. The monoisotopic (exact) mass is 254 g/mol. The highest BCUT2D eigenvalue weighted by Gasteiger charge is 2.09. The number of nitrogens with one attached hydrogen (secondary N) is 1. The number of aryl methyl sites for hydroxylation is 2. The molecule has 2 rings (SSSR count). The van der Waals surface area contributed by atoms with Crippen LogP contribution in [0.2, 0.25) is 10.0 Å². The Hall–Kier alpha value is -0.990. The van der Waals surface area contributed by atoms with E-state index in [0.29, 0.717) is 10.0 Å². The number of hydrogen-bond acceptors (Lipinski definition) is 1. The molecule has 0 unspecified atom stereocenters. The van der Waals surface area contributed by atoms with Crippen molar-refractivity contribution in [3.63, 3.8) is 0 Å². The second kappa shape index (κ2) is 4.48. The van der Waals surface area contributed by atoms with Crippen molar-refractivity contribution in [2.45, 2.75) is 20.3 Å². The molecule has 0 spiro atoms. The lowest BCUT2D eigenvalue weighted by Gasteiger charge is -2.00. The summed E-state index contributed by atoms with van der Waals surface area (Å²) in [6.45, 7) is 4.07. The molecule has 0 radical (unpaired) electrons. The van der Waals surface area contributed by atoms with Crippen LogP contribution in [-0.4, -0.2) is 9.97 Å². The Morgan fingerprint density at radius 3 is 2.56 bits per heavy atom. The third-order valence-electron chi connectivity index (χ3n) is 2.46. The van der Waals surface area contributed by atoms with Crippen LogP contribution in [-0.2, 0) is 6.42 Å². The fourth-order valence-corrected chi connectivity index (χ4v) is 1.91. The van der Waals surface area contributed by atoms with Gasteiger partial charge in [0.2, 0.25) is 0 Å². The van der Waals surface area contributed by atoms with E-state index < -0.39 is 0 Å². The number of halogens is 2. The minimum Gasteiger partial charge on any atom is -0.346 e. The van der Waals surface area contributed by atoms with Gasteiger partial charge in [-0.15, -0.1) is 0 Å². The van der Waals surface area contributed by atoms with Crippen molar-refractivity contribution in [1.82, 2.24) is 9.97 Å². The largest absolute Gasteiger partial charge is 0.346 e. The van der Waals surface area contributed by atoms with Crippen LogP contribution in [0.15, 0.2) is 18.2 Å². The fraction of sp³-hybridized carbons (Fsp3) is 0.250. The Bertz CT molecular complexity index is 518. The van der Waals surface area contributed by atoms with Crippen LogP contribution in [0.4, 0.5) is 0 Å². The maximum absolute atomic E-state index is 5.99. The van der Waals surface area contributed by atoms with Gasteiger partial charge < -0.3 is 4.98 Å². The molecule has 1 N–H and O–H groups in total. The van der Waals surface area contributed by atoms with Crippen molar-refractivity contribution < 1.29 is 0 Å². The van der Waals surface area contributed by atoms with Gasteiger partial charge in [0.15, 0.2) is 0 Å². The van der Waals surface area contributed by atoms with E-state index in [0.717, 1.165) is 29.2 Å². The Balaban J connectivity index is 2.49. The van der Waals surface area contributed by atoms with E-state index >= 15 is 0 Å². The predicted molar refractivity (Wildman–Crippen MR) is 68.2 cm³/mol. The van der Waals surface area contributed by atoms with Gasteiger partial charge in [-0.1, -0.05) is 36.2 Å². The maximum Gasteiger partial charge on any atom is 0.106 e. The molecule has 1 heterocycles. The van der Waals surface area contributed by atoms with Crippen LogP contribution >= 0.6 is 23.2 Å². The first-order valence-electron chi connectivity index (χ1n) is 5.12. The molecule has 0 saturated carbocycles. The minimum absolute atomic E-state index is 0.555. The molecule has 16 heavy (non-hydrogen) atoms. The highest BCUT2D eigenvalue weighted by molar-refractivity contribution is 6.42. The number of benzene rings is 1. The molecule has 2 nitrogen and oxygen atoms in total.